The highest BCUT2D eigenvalue weighted by atomic mass is 16.1. The van der Waals surface area contributed by atoms with Crippen LogP contribution in [0.15, 0.2) is 18.2 Å². The maximum Gasteiger partial charge on any atom is 0.164 e. The molecule has 3 nitrogen and oxygen atoms in total. The fourth-order valence-corrected chi connectivity index (χ4v) is 6.66. The lowest BCUT2D eigenvalue weighted by Gasteiger charge is -2.34. The number of aryl methyl sites for hydroxylation is 1. The number of allylic oxidation sites excluding steroid dienone is 1. The predicted octanol–water partition coefficient (Wildman–Crippen LogP) is 10.1. The molecule has 2 aromatic carbocycles. The van der Waals surface area contributed by atoms with Gasteiger partial charge in [0.1, 0.15) is 11.6 Å². The third kappa shape index (κ3) is 7.93. The zero-order valence-corrected chi connectivity index (χ0v) is 27.7. The van der Waals surface area contributed by atoms with Gasteiger partial charge in [0.05, 0.1) is 6.42 Å². The predicted molar refractivity (Wildman–Crippen MR) is 175 cm³/mol. The van der Waals surface area contributed by atoms with Gasteiger partial charge < -0.3 is 0 Å². The van der Waals surface area contributed by atoms with Crippen molar-refractivity contribution in [3.05, 3.63) is 68.3 Å². The van der Waals surface area contributed by atoms with Gasteiger partial charge in [-0.15, -0.1) is 0 Å². The van der Waals surface area contributed by atoms with E-state index in [1.165, 1.54) is 52.3 Å². The maximum absolute atomic E-state index is 13.5. The van der Waals surface area contributed by atoms with Crippen molar-refractivity contribution < 1.29 is 14.4 Å². The molecule has 0 N–H and O–H groups in total. The van der Waals surface area contributed by atoms with Crippen LogP contribution in [0, 0.1) is 59.3 Å². The summed E-state index contributed by atoms with van der Waals surface area (Å²) in [5, 5.41) is 0. The minimum atomic E-state index is -0.151. The molecule has 0 saturated carbocycles. The number of hydrogen-bond acceptors (Lipinski definition) is 3. The first kappa shape index (κ1) is 34.4. The summed E-state index contributed by atoms with van der Waals surface area (Å²) in [7, 11) is 0. The minimum Gasteiger partial charge on any atom is -0.300 e. The Morgan fingerprint density at radius 2 is 1.46 bits per heavy atom. The number of Topliss-reactive ketones (excluding diaryl/α,β-unsaturated/α-hetero) is 3. The van der Waals surface area contributed by atoms with E-state index in [1.807, 2.05) is 13.0 Å². The minimum absolute atomic E-state index is 0.00729. The Balaban J connectivity index is 0.00000187. The molecule has 0 spiro atoms. The van der Waals surface area contributed by atoms with Crippen molar-refractivity contribution >= 4 is 29.0 Å². The summed E-state index contributed by atoms with van der Waals surface area (Å²) in [6.45, 7) is 23.0. The van der Waals surface area contributed by atoms with Crippen LogP contribution in [-0.4, -0.2) is 17.3 Å². The van der Waals surface area contributed by atoms with Gasteiger partial charge in [-0.05, 0) is 130 Å². The fourth-order valence-electron chi connectivity index (χ4n) is 6.66. The van der Waals surface area contributed by atoms with E-state index >= 15 is 0 Å². The number of carbonyl (C=O) groups excluding carboxylic acids is 3. The lowest BCUT2D eigenvalue weighted by Crippen LogP contribution is -2.29. The quantitative estimate of drug-likeness (QED) is 0.273. The van der Waals surface area contributed by atoms with Gasteiger partial charge in [0.2, 0.25) is 0 Å². The molecule has 3 unspecified atom stereocenters. The van der Waals surface area contributed by atoms with Crippen molar-refractivity contribution in [3.8, 4) is 0 Å². The van der Waals surface area contributed by atoms with Gasteiger partial charge in [0, 0.05) is 17.9 Å². The first-order chi connectivity index (χ1) is 19.3. The summed E-state index contributed by atoms with van der Waals surface area (Å²) in [6.07, 6.45) is 7.46. The molecule has 0 radical (unpaired) electrons. The third-order valence-electron chi connectivity index (χ3n) is 9.18. The van der Waals surface area contributed by atoms with Gasteiger partial charge in [-0.3, -0.25) is 14.4 Å². The Hall–Kier alpha value is -2.81. The molecule has 0 bridgehead atoms. The van der Waals surface area contributed by atoms with Crippen LogP contribution in [0.4, 0.5) is 0 Å². The van der Waals surface area contributed by atoms with Crippen molar-refractivity contribution in [2.24, 2.45) is 17.8 Å². The maximum atomic E-state index is 13.5. The zero-order valence-electron chi connectivity index (χ0n) is 27.7. The van der Waals surface area contributed by atoms with Gasteiger partial charge in [0.25, 0.3) is 0 Å². The summed E-state index contributed by atoms with van der Waals surface area (Å²) in [5.74, 6) is 0.211. The van der Waals surface area contributed by atoms with Crippen LogP contribution in [0.5, 0.6) is 0 Å². The first-order valence-corrected chi connectivity index (χ1v) is 15.8. The van der Waals surface area contributed by atoms with E-state index < -0.39 is 0 Å². The Bertz CT molecular complexity index is 1260. The fraction of sp³-hybridized carbons (Fsp3) is 0.553. The highest BCUT2D eigenvalue weighted by molar-refractivity contribution is 6.08. The topological polar surface area (TPSA) is 51.2 Å². The van der Waals surface area contributed by atoms with E-state index in [1.54, 1.807) is 0 Å². The normalized spacial score (nSPS) is 17.0. The molecule has 0 amide bonds. The highest BCUT2D eigenvalue weighted by Crippen LogP contribution is 2.44. The smallest absolute Gasteiger partial charge is 0.164 e. The number of hydrogen-bond donors (Lipinski definition) is 0. The van der Waals surface area contributed by atoms with Crippen LogP contribution >= 0.6 is 0 Å². The van der Waals surface area contributed by atoms with Crippen molar-refractivity contribution in [1.29, 1.82) is 0 Å². The summed E-state index contributed by atoms with van der Waals surface area (Å²) in [5.41, 5.74) is 11.9. The SMILES string of the molecule is CCC.CCCC(CC1CC(=O)c2c(C)cccc2C1=Cc1c(C)c(C)c(C)c(C)c1C)C(CC)C(=O)CC(C)=O. The van der Waals surface area contributed by atoms with Gasteiger partial charge in [-0.25, -0.2) is 0 Å². The average Bonchev–Trinajstić information content (AvgIpc) is 2.90. The third-order valence-corrected chi connectivity index (χ3v) is 9.18. The van der Waals surface area contributed by atoms with Crippen LogP contribution in [0.3, 0.4) is 0 Å². The van der Waals surface area contributed by atoms with E-state index in [0.29, 0.717) is 6.42 Å². The molecule has 1 aliphatic rings. The van der Waals surface area contributed by atoms with Gasteiger partial charge in [-0.1, -0.05) is 64.8 Å². The summed E-state index contributed by atoms with van der Waals surface area (Å²) < 4.78 is 0. The molecule has 0 saturated heterocycles. The highest BCUT2D eigenvalue weighted by Gasteiger charge is 2.35. The summed E-state index contributed by atoms with van der Waals surface area (Å²) in [6, 6.07) is 6.18. The van der Waals surface area contributed by atoms with Crippen molar-refractivity contribution in [2.75, 3.05) is 0 Å². The Morgan fingerprint density at radius 1 is 0.902 bits per heavy atom. The van der Waals surface area contributed by atoms with Crippen LogP contribution in [0.25, 0.3) is 11.6 Å². The molecule has 3 heteroatoms. The molecule has 0 aliphatic heterocycles. The Kier molecular flexibility index (Phi) is 12.9. The van der Waals surface area contributed by atoms with Crippen LogP contribution in [0.2, 0.25) is 0 Å². The molecular formula is C38H54O3. The summed E-state index contributed by atoms with van der Waals surface area (Å²) in [4.78, 5) is 38.4. The molecule has 0 fully saturated rings. The van der Waals surface area contributed by atoms with E-state index in [-0.39, 0.29) is 41.5 Å². The van der Waals surface area contributed by atoms with Gasteiger partial charge >= 0.3 is 0 Å². The molecule has 0 heterocycles. The van der Waals surface area contributed by atoms with Gasteiger partial charge in [-0.2, -0.15) is 0 Å². The largest absolute Gasteiger partial charge is 0.300 e. The van der Waals surface area contributed by atoms with E-state index in [2.05, 4.69) is 80.5 Å². The van der Waals surface area contributed by atoms with Crippen molar-refractivity contribution in [3.63, 3.8) is 0 Å². The second-order valence-electron chi connectivity index (χ2n) is 12.3. The second-order valence-corrected chi connectivity index (χ2v) is 12.3. The molecule has 2 aromatic rings. The Labute approximate surface area is 250 Å². The second kappa shape index (κ2) is 15.4. The van der Waals surface area contributed by atoms with E-state index in [9.17, 15) is 14.4 Å². The lowest BCUT2D eigenvalue weighted by molar-refractivity contribution is -0.129. The first-order valence-electron chi connectivity index (χ1n) is 15.8. The zero-order chi connectivity index (χ0) is 31.0. The van der Waals surface area contributed by atoms with Gasteiger partial charge in [0.15, 0.2) is 5.78 Å². The number of fused-ring (bicyclic) bond motifs is 1. The molecule has 224 valence electrons. The molecule has 3 rings (SSSR count). The molecule has 41 heavy (non-hydrogen) atoms. The lowest BCUT2D eigenvalue weighted by atomic mass is 9.69. The van der Waals surface area contributed by atoms with Crippen molar-refractivity contribution in [1.82, 2.24) is 0 Å². The molecule has 3 atom stereocenters. The number of rotatable bonds is 10. The number of carbonyl (C=O) groups is 3. The van der Waals surface area contributed by atoms with Crippen LogP contribution < -0.4 is 0 Å². The average molecular weight is 559 g/mol. The monoisotopic (exact) mass is 558 g/mol. The number of ketones is 3. The van der Waals surface area contributed by atoms with Crippen molar-refractivity contribution in [2.45, 2.75) is 121 Å². The number of benzene rings is 2. The van der Waals surface area contributed by atoms with E-state index in [0.717, 1.165) is 42.4 Å². The van der Waals surface area contributed by atoms with E-state index in [4.69, 9.17) is 0 Å². The molecular weight excluding hydrogens is 504 g/mol. The summed E-state index contributed by atoms with van der Waals surface area (Å²) >= 11 is 0. The standard InChI is InChI=1S/C35H46O3.C3H8/c1-10-13-27(29(11-2)33(37)16-21(4)36)17-28-18-34(38)35-20(3)14-12-15-30(35)32(28)19-31-25(8)23(6)22(5)24(7)26(31)9;1-3-2/h12,14-15,19,27-29H,10-11,13,16-18H2,1-9H3;3H2,1-2H3. The molecule has 0 aromatic heterocycles. The van der Waals surface area contributed by atoms with Crippen LogP contribution in [0.1, 0.15) is 134 Å². The Morgan fingerprint density at radius 3 is 1.98 bits per heavy atom. The molecule has 1 aliphatic carbocycles. The van der Waals surface area contributed by atoms with Crippen LogP contribution in [-0.2, 0) is 9.59 Å².